The second kappa shape index (κ2) is 7.09. The first-order valence-electron chi connectivity index (χ1n) is 8.67. The molecule has 4 nitrogen and oxygen atoms in total. The average molecular weight is 397 g/mol. The lowest BCUT2D eigenvalue weighted by Gasteiger charge is -2.07. The van der Waals surface area contributed by atoms with Crippen LogP contribution in [0.15, 0.2) is 75.8 Å². The second-order valence-electron chi connectivity index (χ2n) is 6.49. The number of benzene rings is 2. The van der Waals surface area contributed by atoms with E-state index >= 15 is 0 Å². The first-order valence-corrected chi connectivity index (χ1v) is 8.67. The smallest absolute Gasteiger partial charge is 0.416 e. The molecule has 146 valence electrons. The summed E-state index contributed by atoms with van der Waals surface area (Å²) < 4.78 is 49.5. The molecule has 0 atom stereocenters. The number of aryl methyl sites for hydroxylation is 1. The van der Waals surface area contributed by atoms with Gasteiger partial charge in [-0.05, 0) is 43.3 Å². The molecule has 0 spiro atoms. The molecule has 0 unspecified atom stereocenters. The van der Waals surface area contributed by atoms with Gasteiger partial charge in [-0.25, -0.2) is 9.79 Å². The number of hydrogen-bond acceptors (Lipinski definition) is 4. The fourth-order valence-electron chi connectivity index (χ4n) is 2.88. The molecule has 0 radical (unpaired) electrons. The Balaban J connectivity index is 1.62. The van der Waals surface area contributed by atoms with Crippen molar-refractivity contribution in [2.24, 2.45) is 4.99 Å². The van der Waals surface area contributed by atoms with E-state index in [4.69, 9.17) is 9.15 Å². The van der Waals surface area contributed by atoms with Crippen LogP contribution in [-0.4, -0.2) is 11.9 Å². The summed E-state index contributed by atoms with van der Waals surface area (Å²) in [5, 5.41) is 0. The van der Waals surface area contributed by atoms with Crippen LogP contribution >= 0.6 is 0 Å². The van der Waals surface area contributed by atoms with Gasteiger partial charge in [-0.1, -0.05) is 29.8 Å². The fraction of sp³-hybridized carbons (Fsp3) is 0.0909. The number of esters is 1. The van der Waals surface area contributed by atoms with E-state index in [0.717, 1.165) is 17.7 Å². The van der Waals surface area contributed by atoms with Gasteiger partial charge in [-0.2, -0.15) is 13.2 Å². The summed E-state index contributed by atoms with van der Waals surface area (Å²) in [4.78, 5) is 16.3. The zero-order valence-corrected chi connectivity index (χ0v) is 15.2. The summed E-state index contributed by atoms with van der Waals surface area (Å²) in [5.41, 5.74) is 1.23. The maximum absolute atomic E-state index is 12.9. The molecule has 1 aliphatic rings. The van der Waals surface area contributed by atoms with Gasteiger partial charge >= 0.3 is 12.1 Å². The van der Waals surface area contributed by atoms with Crippen LogP contribution in [-0.2, 0) is 15.7 Å². The summed E-state index contributed by atoms with van der Waals surface area (Å²) in [7, 11) is 0. The summed E-state index contributed by atoms with van der Waals surface area (Å²) in [5.74, 6) is 0.0870. The molecule has 1 aliphatic heterocycles. The lowest BCUT2D eigenvalue weighted by Crippen LogP contribution is -2.05. The topological polar surface area (TPSA) is 51.8 Å². The maximum atomic E-state index is 12.9. The second-order valence-corrected chi connectivity index (χ2v) is 6.49. The first kappa shape index (κ1) is 18.7. The molecule has 0 saturated heterocycles. The molecule has 0 saturated carbocycles. The molecule has 0 fully saturated rings. The molecule has 0 N–H and O–H groups in total. The van der Waals surface area contributed by atoms with E-state index in [9.17, 15) is 18.0 Å². The van der Waals surface area contributed by atoms with Crippen LogP contribution in [0.2, 0.25) is 0 Å². The Bertz CT molecular complexity index is 1160. The minimum atomic E-state index is -4.44. The van der Waals surface area contributed by atoms with Crippen molar-refractivity contribution in [3.8, 4) is 11.3 Å². The van der Waals surface area contributed by atoms with Crippen LogP contribution < -0.4 is 0 Å². The van der Waals surface area contributed by atoms with E-state index in [1.807, 2.05) is 25.1 Å². The third-order valence-electron chi connectivity index (χ3n) is 4.27. The van der Waals surface area contributed by atoms with Crippen molar-refractivity contribution in [3.63, 3.8) is 0 Å². The molecule has 29 heavy (non-hydrogen) atoms. The molecule has 3 aromatic rings. The number of nitrogens with zero attached hydrogens (tertiary/aromatic N) is 1. The van der Waals surface area contributed by atoms with Crippen molar-refractivity contribution < 1.29 is 27.1 Å². The number of alkyl halides is 3. The lowest BCUT2D eigenvalue weighted by molar-refractivity contribution is -0.137. The number of carbonyl (C=O) groups is 1. The van der Waals surface area contributed by atoms with E-state index in [0.29, 0.717) is 5.56 Å². The van der Waals surface area contributed by atoms with E-state index in [1.54, 1.807) is 12.1 Å². The molecule has 7 heteroatoms. The monoisotopic (exact) mass is 397 g/mol. The molecule has 0 amide bonds. The zero-order chi connectivity index (χ0) is 20.6. The van der Waals surface area contributed by atoms with Gasteiger partial charge < -0.3 is 9.15 Å². The van der Waals surface area contributed by atoms with Crippen LogP contribution in [0, 0.1) is 6.92 Å². The van der Waals surface area contributed by atoms with Crippen molar-refractivity contribution in [1.29, 1.82) is 0 Å². The summed E-state index contributed by atoms with van der Waals surface area (Å²) in [6.45, 7) is 1.91. The highest BCUT2D eigenvalue weighted by Gasteiger charge is 2.30. The number of carbonyl (C=O) groups excluding carboxylic acids is 1. The molecule has 2 aromatic carbocycles. The summed E-state index contributed by atoms with van der Waals surface area (Å²) in [6.07, 6.45) is -3.05. The van der Waals surface area contributed by atoms with Gasteiger partial charge in [0.15, 0.2) is 5.70 Å². The van der Waals surface area contributed by atoms with Gasteiger partial charge in [0.05, 0.1) is 5.56 Å². The third-order valence-corrected chi connectivity index (χ3v) is 4.27. The van der Waals surface area contributed by atoms with E-state index < -0.39 is 17.7 Å². The average Bonchev–Trinajstić information content (AvgIpc) is 3.29. The van der Waals surface area contributed by atoms with Crippen molar-refractivity contribution in [2.75, 3.05) is 0 Å². The molecule has 2 heterocycles. The van der Waals surface area contributed by atoms with Gasteiger partial charge in [0.2, 0.25) is 5.90 Å². The Labute approximate surface area is 164 Å². The lowest BCUT2D eigenvalue weighted by atomic mass is 10.1. The SMILES string of the molecule is Cc1cccc(C2=N/C(=C\c3ccc(-c4cccc(C(F)(F)F)c4)o3)C(=O)O2)c1. The number of ether oxygens (including phenoxy) is 1. The highest BCUT2D eigenvalue weighted by atomic mass is 19.4. The van der Waals surface area contributed by atoms with Crippen LogP contribution in [0.5, 0.6) is 0 Å². The number of halogens is 3. The normalized spacial score (nSPS) is 15.5. The van der Waals surface area contributed by atoms with Crippen molar-refractivity contribution in [3.05, 3.63) is 88.8 Å². The Morgan fingerprint density at radius 3 is 2.48 bits per heavy atom. The molecule has 0 aliphatic carbocycles. The Hall–Kier alpha value is -3.61. The highest BCUT2D eigenvalue weighted by Crippen LogP contribution is 2.33. The van der Waals surface area contributed by atoms with Crippen LogP contribution in [0.1, 0.15) is 22.5 Å². The highest BCUT2D eigenvalue weighted by molar-refractivity contribution is 6.12. The van der Waals surface area contributed by atoms with Crippen LogP contribution in [0.25, 0.3) is 17.4 Å². The Morgan fingerprint density at radius 2 is 1.72 bits per heavy atom. The van der Waals surface area contributed by atoms with E-state index in [-0.39, 0.29) is 28.7 Å². The maximum Gasteiger partial charge on any atom is 0.416 e. The Kier molecular flexibility index (Phi) is 4.58. The van der Waals surface area contributed by atoms with Gasteiger partial charge in [0.25, 0.3) is 0 Å². The molecule has 1 aromatic heterocycles. The first-order chi connectivity index (χ1) is 13.8. The predicted molar refractivity (Wildman–Crippen MR) is 101 cm³/mol. The summed E-state index contributed by atoms with van der Waals surface area (Å²) >= 11 is 0. The number of rotatable bonds is 3. The molecule has 0 bridgehead atoms. The fourth-order valence-corrected chi connectivity index (χ4v) is 2.88. The zero-order valence-electron chi connectivity index (χ0n) is 15.2. The minimum absolute atomic E-state index is 0.0476. The number of aliphatic imine (C=N–C) groups is 1. The van der Waals surface area contributed by atoms with Crippen LogP contribution in [0.4, 0.5) is 13.2 Å². The largest absolute Gasteiger partial charge is 0.457 e. The van der Waals surface area contributed by atoms with Crippen molar-refractivity contribution in [2.45, 2.75) is 13.1 Å². The minimum Gasteiger partial charge on any atom is -0.457 e. The number of hydrogen-bond donors (Lipinski definition) is 0. The standard InChI is InChI=1S/C22H14F3NO3/c1-13-4-2-6-15(10-13)20-26-18(21(27)29-20)12-17-8-9-19(28-17)14-5-3-7-16(11-14)22(23,24)25/h2-12H,1H3/b18-12-. The van der Waals surface area contributed by atoms with Crippen molar-refractivity contribution in [1.82, 2.24) is 0 Å². The van der Waals surface area contributed by atoms with E-state index in [1.165, 1.54) is 24.3 Å². The predicted octanol–water partition coefficient (Wildman–Crippen LogP) is 5.62. The molecular weight excluding hydrogens is 383 g/mol. The third kappa shape index (κ3) is 3.99. The molecular formula is C22H14F3NO3. The van der Waals surface area contributed by atoms with Crippen LogP contribution in [0.3, 0.4) is 0 Å². The van der Waals surface area contributed by atoms with Gasteiger partial charge in [0.1, 0.15) is 11.5 Å². The summed E-state index contributed by atoms with van der Waals surface area (Å²) in [6, 6.07) is 15.3. The number of furan rings is 1. The molecule has 4 rings (SSSR count). The van der Waals surface area contributed by atoms with Crippen molar-refractivity contribution >= 4 is 17.9 Å². The van der Waals surface area contributed by atoms with Gasteiger partial charge in [-0.3, -0.25) is 0 Å². The number of cyclic esters (lactones) is 1. The quantitative estimate of drug-likeness (QED) is 0.426. The van der Waals surface area contributed by atoms with E-state index in [2.05, 4.69) is 4.99 Å². The van der Waals surface area contributed by atoms with Gasteiger partial charge in [0, 0.05) is 17.2 Å². The van der Waals surface area contributed by atoms with Gasteiger partial charge in [-0.15, -0.1) is 0 Å². The Morgan fingerprint density at radius 1 is 0.966 bits per heavy atom.